The molecule has 0 bridgehead atoms. The van der Waals surface area contributed by atoms with Gasteiger partial charge in [-0.2, -0.15) is 0 Å². The highest BCUT2D eigenvalue weighted by Crippen LogP contribution is 2.23. The van der Waals surface area contributed by atoms with Gasteiger partial charge in [-0.3, -0.25) is 4.79 Å². The maximum absolute atomic E-state index is 12.3. The Kier molecular flexibility index (Phi) is 4.82. The topological polar surface area (TPSA) is 52.6 Å². The highest BCUT2D eigenvalue weighted by Gasteiger charge is 2.20. The van der Waals surface area contributed by atoms with Crippen LogP contribution in [-0.4, -0.2) is 42.6 Å². The summed E-state index contributed by atoms with van der Waals surface area (Å²) in [6.07, 6.45) is 2.20. The number of carbonyl (C=O) groups is 1. The van der Waals surface area contributed by atoms with E-state index >= 15 is 0 Å². The number of nitrogens with zero attached hydrogens (tertiary/aromatic N) is 1. The molecular formula is C14H19BrN2O2. The lowest BCUT2D eigenvalue weighted by Crippen LogP contribution is -2.37. The van der Waals surface area contributed by atoms with E-state index in [0.29, 0.717) is 11.5 Å². The van der Waals surface area contributed by atoms with E-state index in [2.05, 4.69) is 21.2 Å². The summed E-state index contributed by atoms with van der Waals surface area (Å²) in [7, 11) is 1.80. The van der Waals surface area contributed by atoms with Gasteiger partial charge in [0.15, 0.2) is 0 Å². The van der Waals surface area contributed by atoms with Crippen molar-refractivity contribution in [2.45, 2.75) is 12.8 Å². The maximum atomic E-state index is 12.3. The van der Waals surface area contributed by atoms with Gasteiger partial charge in [0.2, 0.25) is 0 Å². The largest absolute Gasteiger partial charge is 0.507 e. The van der Waals surface area contributed by atoms with Crippen molar-refractivity contribution in [2.75, 3.05) is 26.7 Å². The predicted octanol–water partition coefficient (Wildman–Crippen LogP) is 2.23. The van der Waals surface area contributed by atoms with Gasteiger partial charge in [-0.1, -0.05) is 15.9 Å². The molecule has 0 radical (unpaired) electrons. The minimum atomic E-state index is -0.127. The van der Waals surface area contributed by atoms with Gasteiger partial charge in [-0.15, -0.1) is 0 Å². The molecule has 1 aliphatic rings. The predicted molar refractivity (Wildman–Crippen MR) is 78.4 cm³/mol. The molecule has 1 amide bonds. The molecule has 4 nitrogen and oxygen atoms in total. The molecule has 0 aromatic heterocycles. The average molecular weight is 327 g/mol. The quantitative estimate of drug-likeness (QED) is 0.895. The van der Waals surface area contributed by atoms with Crippen molar-refractivity contribution in [1.82, 2.24) is 10.2 Å². The monoisotopic (exact) mass is 326 g/mol. The van der Waals surface area contributed by atoms with Crippen LogP contribution in [0.25, 0.3) is 0 Å². The number of halogens is 1. The van der Waals surface area contributed by atoms with E-state index in [1.165, 1.54) is 6.07 Å². The van der Waals surface area contributed by atoms with Crippen molar-refractivity contribution in [3.8, 4) is 5.75 Å². The van der Waals surface area contributed by atoms with Crippen molar-refractivity contribution in [3.05, 3.63) is 28.2 Å². The van der Waals surface area contributed by atoms with Crippen LogP contribution in [0, 0.1) is 5.92 Å². The molecule has 104 valence electrons. The molecule has 19 heavy (non-hydrogen) atoms. The second-order valence-electron chi connectivity index (χ2n) is 5.04. The molecule has 0 atom stereocenters. The van der Waals surface area contributed by atoms with Gasteiger partial charge < -0.3 is 15.3 Å². The molecule has 2 rings (SSSR count). The van der Waals surface area contributed by atoms with Crippen molar-refractivity contribution >= 4 is 21.8 Å². The SMILES string of the molecule is CN(CC1CCNCC1)C(=O)c1cc(Br)ccc1O. The van der Waals surface area contributed by atoms with Crippen LogP contribution in [-0.2, 0) is 0 Å². The summed E-state index contributed by atoms with van der Waals surface area (Å²) in [5.41, 5.74) is 0.353. The molecule has 1 aliphatic heterocycles. The third kappa shape index (κ3) is 3.70. The van der Waals surface area contributed by atoms with Crippen LogP contribution < -0.4 is 5.32 Å². The van der Waals surface area contributed by atoms with Crippen LogP contribution >= 0.6 is 15.9 Å². The Morgan fingerprint density at radius 3 is 2.84 bits per heavy atom. The number of carbonyl (C=O) groups excluding carboxylic acids is 1. The fraction of sp³-hybridized carbons (Fsp3) is 0.500. The fourth-order valence-corrected chi connectivity index (χ4v) is 2.78. The lowest BCUT2D eigenvalue weighted by molar-refractivity contribution is 0.0759. The lowest BCUT2D eigenvalue weighted by atomic mass is 9.97. The second kappa shape index (κ2) is 6.39. The molecule has 1 saturated heterocycles. The summed E-state index contributed by atoms with van der Waals surface area (Å²) in [5, 5.41) is 13.1. The number of nitrogens with one attached hydrogen (secondary N) is 1. The molecule has 1 heterocycles. The van der Waals surface area contributed by atoms with Gasteiger partial charge in [-0.25, -0.2) is 0 Å². The zero-order valence-corrected chi connectivity index (χ0v) is 12.6. The summed E-state index contributed by atoms with van der Waals surface area (Å²) in [4.78, 5) is 14.0. The number of phenols is 1. The van der Waals surface area contributed by atoms with Crippen LogP contribution in [0.3, 0.4) is 0 Å². The summed E-state index contributed by atoms with van der Waals surface area (Å²) >= 11 is 3.32. The molecule has 0 aliphatic carbocycles. The summed E-state index contributed by atoms with van der Waals surface area (Å²) in [6.45, 7) is 2.79. The molecule has 1 fully saturated rings. The van der Waals surface area contributed by atoms with Crippen molar-refractivity contribution in [3.63, 3.8) is 0 Å². The first-order valence-corrected chi connectivity index (χ1v) is 7.32. The third-order valence-corrected chi connectivity index (χ3v) is 4.02. The van der Waals surface area contributed by atoms with E-state index in [9.17, 15) is 9.90 Å². The van der Waals surface area contributed by atoms with Crippen molar-refractivity contribution in [2.24, 2.45) is 5.92 Å². The van der Waals surface area contributed by atoms with E-state index in [-0.39, 0.29) is 11.7 Å². The van der Waals surface area contributed by atoms with Gasteiger partial charge in [-0.05, 0) is 50.0 Å². The lowest BCUT2D eigenvalue weighted by Gasteiger charge is -2.27. The first-order chi connectivity index (χ1) is 9.08. The van der Waals surface area contributed by atoms with Crippen molar-refractivity contribution < 1.29 is 9.90 Å². The van der Waals surface area contributed by atoms with E-state index < -0.39 is 0 Å². The van der Waals surface area contributed by atoms with Gasteiger partial charge in [0.05, 0.1) is 5.56 Å². The highest BCUT2D eigenvalue weighted by molar-refractivity contribution is 9.10. The van der Waals surface area contributed by atoms with E-state index in [0.717, 1.165) is 36.9 Å². The number of aromatic hydroxyl groups is 1. The molecule has 1 aromatic carbocycles. The summed E-state index contributed by atoms with van der Waals surface area (Å²) in [6, 6.07) is 4.92. The Morgan fingerprint density at radius 2 is 2.16 bits per heavy atom. The van der Waals surface area contributed by atoms with E-state index in [4.69, 9.17) is 0 Å². The Labute approximate surface area is 121 Å². The number of phenolic OH excluding ortho intramolecular Hbond substituents is 1. The van der Waals surface area contributed by atoms with E-state index in [1.54, 1.807) is 24.1 Å². The van der Waals surface area contributed by atoms with Crippen LogP contribution in [0.2, 0.25) is 0 Å². The number of rotatable bonds is 3. The number of benzene rings is 1. The van der Waals surface area contributed by atoms with Crippen LogP contribution in [0.15, 0.2) is 22.7 Å². The summed E-state index contributed by atoms with van der Waals surface area (Å²) < 4.78 is 0.795. The Hall–Kier alpha value is -1.07. The maximum Gasteiger partial charge on any atom is 0.257 e. The van der Waals surface area contributed by atoms with Gasteiger partial charge in [0.25, 0.3) is 5.91 Å². The molecule has 0 unspecified atom stereocenters. The Balaban J connectivity index is 2.03. The first kappa shape index (κ1) is 14.3. The van der Waals surface area contributed by atoms with Gasteiger partial charge >= 0.3 is 0 Å². The zero-order chi connectivity index (χ0) is 13.8. The second-order valence-corrected chi connectivity index (χ2v) is 5.96. The minimum Gasteiger partial charge on any atom is -0.507 e. The standard InChI is InChI=1S/C14H19BrN2O2/c1-17(9-10-4-6-16-7-5-10)14(19)12-8-11(15)2-3-13(12)18/h2-3,8,10,16,18H,4-7,9H2,1H3. The Bertz CT molecular complexity index is 459. The van der Waals surface area contributed by atoms with Crippen LogP contribution in [0.1, 0.15) is 23.2 Å². The fourth-order valence-electron chi connectivity index (χ4n) is 2.42. The van der Waals surface area contributed by atoms with Gasteiger partial charge in [0.1, 0.15) is 5.75 Å². The smallest absolute Gasteiger partial charge is 0.257 e. The average Bonchev–Trinajstić information content (AvgIpc) is 2.42. The molecule has 1 aromatic rings. The summed E-state index contributed by atoms with van der Waals surface area (Å²) in [5.74, 6) is 0.451. The molecule has 0 spiro atoms. The van der Waals surface area contributed by atoms with Crippen LogP contribution in [0.5, 0.6) is 5.75 Å². The third-order valence-electron chi connectivity index (χ3n) is 3.53. The van der Waals surface area contributed by atoms with Crippen molar-refractivity contribution in [1.29, 1.82) is 0 Å². The number of amides is 1. The number of hydrogen-bond acceptors (Lipinski definition) is 3. The highest BCUT2D eigenvalue weighted by atomic mass is 79.9. The van der Waals surface area contributed by atoms with E-state index in [1.807, 2.05) is 0 Å². The molecule has 0 saturated carbocycles. The number of piperidine rings is 1. The minimum absolute atomic E-state index is 0.0327. The van der Waals surface area contributed by atoms with Crippen LogP contribution in [0.4, 0.5) is 0 Å². The number of hydrogen-bond donors (Lipinski definition) is 2. The normalized spacial score (nSPS) is 16.3. The zero-order valence-electron chi connectivity index (χ0n) is 11.0. The molecule has 2 N–H and O–H groups in total. The molecule has 5 heteroatoms. The molecular weight excluding hydrogens is 308 g/mol. The Morgan fingerprint density at radius 1 is 1.47 bits per heavy atom. The van der Waals surface area contributed by atoms with Gasteiger partial charge in [0, 0.05) is 18.1 Å². The first-order valence-electron chi connectivity index (χ1n) is 6.52.